The number of ketones is 1. The number of nitrogens with zero attached hydrogens (tertiary/aromatic N) is 3. The number of unbranched alkanes of at least 4 members (excludes halogenated alkanes) is 2. The minimum Gasteiger partial charge on any atom is -0.481 e. The number of aromatic nitrogens is 4. The number of nitrogens with one attached hydrogen (secondary N) is 2. The second-order valence-electron chi connectivity index (χ2n) is 15.3. The summed E-state index contributed by atoms with van der Waals surface area (Å²) in [7, 11) is 0. The molecule has 0 saturated heterocycles. The number of amides is 1. The topological polar surface area (TPSA) is 132 Å². The van der Waals surface area contributed by atoms with Gasteiger partial charge in [-0.15, -0.1) is 0 Å². The summed E-state index contributed by atoms with van der Waals surface area (Å²) in [5, 5.41) is 9.67. The summed E-state index contributed by atoms with van der Waals surface area (Å²) in [6, 6.07) is 4.24. The third kappa shape index (κ3) is 7.11. The first-order valence-corrected chi connectivity index (χ1v) is 19.9. The van der Waals surface area contributed by atoms with Gasteiger partial charge < -0.3 is 20.0 Å². The van der Waals surface area contributed by atoms with Crippen molar-refractivity contribution in [1.82, 2.24) is 24.8 Å². The molecular weight excluding hydrogens is 663 g/mol. The van der Waals surface area contributed by atoms with Gasteiger partial charge in [0.15, 0.2) is 5.78 Å². The molecule has 1 amide bonds. The number of Topliss-reactive ketones (excluding diaryl/α,β-unsaturated/α-hetero) is 1. The predicted molar refractivity (Wildman–Crippen MR) is 213 cm³/mol. The van der Waals surface area contributed by atoms with E-state index >= 15 is 0 Å². The van der Waals surface area contributed by atoms with Crippen LogP contribution in [0.25, 0.3) is 33.2 Å². The number of fused-ring (bicyclic) bond motifs is 8. The largest absolute Gasteiger partial charge is 0.481 e. The highest BCUT2D eigenvalue weighted by Crippen LogP contribution is 2.46. The molecule has 3 aromatic heterocycles. The fourth-order valence-corrected chi connectivity index (χ4v) is 8.86. The van der Waals surface area contributed by atoms with Gasteiger partial charge in [0, 0.05) is 77.6 Å². The van der Waals surface area contributed by atoms with Crippen molar-refractivity contribution in [2.75, 3.05) is 13.1 Å². The van der Waals surface area contributed by atoms with Gasteiger partial charge in [0.1, 0.15) is 0 Å². The Hall–Kier alpha value is -4.53. The number of hydrogen-bond acceptors (Lipinski definition) is 5. The van der Waals surface area contributed by atoms with Gasteiger partial charge >= 0.3 is 5.97 Å². The highest BCUT2D eigenvalue weighted by molar-refractivity contribution is 6.13. The van der Waals surface area contributed by atoms with Gasteiger partial charge in [-0.25, -0.2) is 4.98 Å². The summed E-state index contributed by atoms with van der Waals surface area (Å²) in [5.74, 6) is -1.02. The monoisotopic (exact) mass is 719 g/mol. The Morgan fingerprint density at radius 3 is 2.17 bits per heavy atom. The molecule has 9 heteroatoms. The molecule has 0 saturated carbocycles. The van der Waals surface area contributed by atoms with Crippen LogP contribution in [-0.2, 0) is 28.9 Å². The van der Waals surface area contributed by atoms with Crippen molar-refractivity contribution >= 4 is 50.9 Å². The average molecular weight is 720 g/mol. The third-order valence-electron chi connectivity index (χ3n) is 12.0. The summed E-state index contributed by atoms with van der Waals surface area (Å²) in [5.41, 5.74) is 15.2. The fourth-order valence-electron chi connectivity index (χ4n) is 8.86. The number of carboxylic acids is 1. The Morgan fingerprint density at radius 2 is 1.53 bits per heavy atom. The Kier molecular flexibility index (Phi) is 11.4. The van der Waals surface area contributed by atoms with Crippen molar-refractivity contribution in [3.8, 4) is 0 Å². The molecule has 1 unspecified atom stereocenters. The lowest BCUT2D eigenvalue weighted by Gasteiger charge is -2.26. The molecule has 2 atom stereocenters. The van der Waals surface area contributed by atoms with Gasteiger partial charge in [-0.2, -0.15) is 0 Å². The minimum atomic E-state index is -0.829. The molecule has 8 bridgehead atoms. The molecule has 3 N–H and O–H groups in total. The molecule has 2 aliphatic heterocycles. The molecule has 282 valence electrons. The lowest BCUT2D eigenvalue weighted by molar-refractivity contribution is -0.137. The van der Waals surface area contributed by atoms with E-state index in [4.69, 9.17) is 9.97 Å². The molecule has 3 aromatic rings. The van der Waals surface area contributed by atoms with Crippen molar-refractivity contribution in [1.29, 1.82) is 0 Å². The van der Waals surface area contributed by atoms with Gasteiger partial charge in [0.2, 0.25) is 5.91 Å². The zero-order valence-electron chi connectivity index (χ0n) is 33.0. The molecule has 0 aromatic carbocycles. The van der Waals surface area contributed by atoms with Crippen molar-refractivity contribution in [3.63, 3.8) is 0 Å². The van der Waals surface area contributed by atoms with Crippen LogP contribution in [0.2, 0.25) is 0 Å². The third-order valence-corrected chi connectivity index (χ3v) is 12.0. The number of carbonyl (C=O) groups excluding carboxylic acids is 2. The summed E-state index contributed by atoms with van der Waals surface area (Å²) < 4.78 is 0. The van der Waals surface area contributed by atoms with Gasteiger partial charge in [-0.05, 0) is 105 Å². The molecule has 0 spiro atoms. The van der Waals surface area contributed by atoms with Gasteiger partial charge in [0.05, 0.1) is 22.6 Å². The Morgan fingerprint density at radius 1 is 0.849 bits per heavy atom. The number of aryl methyl sites for hydroxylation is 4. The maximum absolute atomic E-state index is 14.3. The van der Waals surface area contributed by atoms with Crippen LogP contribution < -0.4 is 0 Å². The summed E-state index contributed by atoms with van der Waals surface area (Å²) in [6.45, 7) is 18.5. The van der Waals surface area contributed by atoms with Crippen molar-refractivity contribution in [2.24, 2.45) is 0 Å². The summed E-state index contributed by atoms with van der Waals surface area (Å²) in [6.07, 6.45) is 7.11. The summed E-state index contributed by atoms with van der Waals surface area (Å²) in [4.78, 5) is 60.1. The number of allylic oxidation sites excluding steroid dienone is 2. The lowest BCUT2D eigenvalue weighted by atomic mass is 9.84. The number of rotatable bonds is 14. The maximum Gasteiger partial charge on any atom is 0.303 e. The molecule has 9 nitrogen and oxygen atoms in total. The molecule has 3 aliphatic rings. The van der Waals surface area contributed by atoms with Crippen LogP contribution in [0.4, 0.5) is 0 Å². The van der Waals surface area contributed by atoms with Crippen molar-refractivity contribution < 1.29 is 19.5 Å². The van der Waals surface area contributed by atoms with E-state index in [0.717, 1.165) is 124 Å². The van der Waals surface area contributed by atoms with Gasteiger partial charge in [0.25, 0.3) is 0 Å². The van der Waals surface area contributed by atoms with Gasteiger partial charge in [-0.1, -0.05) is 47.5 Å². The Bertz CT molecular complexity index is 2140. The first-order chi connectivity index (χ1) is 25.4. The number of H-pyrrole nitrogens is 2. The van der Waals surface area contributed by atoms with E-state index < -0.39 is 5.97 Å². The minimum absolute atomic E-state index is 0.0440. The highest BCUT2D eigenvalue weighted by Gasteiger charge is 2.38. The highest BCUT2D eigenvalue weighted by atomic mass is 16.4. The first-order valence-electron chi connectivity index (χ1n) is 19.9. The zero-order chi connectivity index (χ0) is 38.1. The number of carboxylic acid groups (broad SMARTS) is 1. The zero-order valence-corrected chi connectivity index (χ0v) is 33.0. The Balaban J connectivity index is 1.70. The van der Waals surface area contributed by atoms with E-state index in [2.05, 4.69) is 70.6 Å². The number of hydrogen-bond donors (Lipinski definition) is 3. The average Bonchev–Trinajstić information content (AvgIpc) is 3.88. The molecule has 0 radical (unpaired) electrons. The number of aromatic amines is 2. The van der Waals surface area contributed by atoms with Crippen LogP contribution in [-0.4, -0.2) is 60.7 Å². The summed E-state index contributed by atoms with van der Waals surface area (Å²) >= 11 is 0. The normalized spacial score (nSPS) is 16.6. The molecule has 0 fully saturated rings. The van der Waals surface area contributed by atoms with E-state index in [1.165, 1.54) is 11.1 Å². The molecular formula is C44H57N5O4. The smallest absolute Gasteiger partial charge is 0.303 e. The second kappa shape index (κ2) is 15.8. The van der Waals surface area contributed by atoms with E-state index in [-0.39, 0.29) is 36.4 Å². The van der Waals surface area contributed by atoms with Crippen molar-refractivity contribution in [2.45, 2.75) is 138 Å². The molecule has 5 heterocycles. The molecule has 1 aliphatic carbocycles. The van der Waals surface area contributed by atoms with Crippen LogP contribution in [0.3, 0.4) is 0 Å². The van der Waals surface area contributed by atoms with E-state index in [9.17, 15) is 19.5 Å². The molecule has 6 rings (SSSR count). The van der Waals surface area contributed by atoms with Crippen molar-refractivity contribution in [3.05, 3.63) is 68.3 Å². The maximum atomic E-state index is 14.3. The van der Waals surface area contributed by atoms with Crippen LogP contribution >= 0.6 is 0 Å². The van der Waals surface area contributed by atoms with Gasteiger partial charge in [-0.3, -0.25) is 19.4 Å². The Labute approximate surface area is 313 Å². The van der Waals surface area contributed by atoms with Crippen LogP contribution in [0.5, 0.6) is 0 Å². The SMILES string of the molecule is CCCCN(CCCC)C(=O)CC1c2nc(c(CCCC(=O)O)c3[nH]c(cc4nc(cc5[nH]c6c2CC(=O)c6c5C)C(CC)=C4C)c(CC)c3C)[C@H]1C. The second-order valence-corrected chi connectivity index (χ2v) is 15.3. The number of carbonyl (C=O) groups is 3. The quantitative estimate of drug-likeness (QED) is 0.152. The lowest BCUT2D eigenvalue weighted by Crippen LogP contribution is -2.34. The standard InChI is InChI=1S/C44H57N5O4/c1-9-13-18-49(19-14-10-2)38(51)21-31-26(7)42-30(16-15-17-39(52)53)41-25(6)29(12-4)36(47-41)22-33-24(5)28(11-3)35(45-33)23-34-27(8)40-37(50)20-32(43(31)48-42)44(40)46-34/h22-23,26,31,46-47H,9-21H2,1-8H3,(H,52,53)/t26-,31?/m0/s1. The van der Waals surface area contributed by atoms with E-state index in [0.29, 0.717) is 24.8 Å². The van der Waals surface area contributed by atoms with E-state index in [1.54, 1.807) is 0 Å². The predicted octanol–water partition coefficient (Wildman–Crippen LogP) is 9.69. The first kappa shape index (κ1) is 38.2. The van der Waals surface area contributed by atoms with Crippen LogP contribution in [0.1, 0.15) is 166 Å². The fraction of sp³-hybridized carbons (Fsp3) is 0.523. The number of aliphatic carboxylic acids is 1. The van der Waals surface area contributed by atoms with Crippen LogP contribution in [0.15, 0.2) is 12.1 Å². The van der Waals surface area contributed by atoms with Crippen LogP contribution in [0, 0.1) is 13.8 Å². The molecule has 53 heavy (non-hydrogen) atoms. The van der Waals surface area contributed by atoms with E-state index in [1.807, 2.05) is 11.8 Å².